The average molecular weight is 419 g/mol. The van der Waals surface area contributed by atoms with Gasteiger partial charge in [-0.3, -0.25) is 9.89 Å². The summed E-state index contributed by atoms with van der Waals surface area (Å²) in [5.74, 6) is 0.528. The topological polar surface area (TPSA) is 69.8 Å². The van der Waals surface area contributed by atoms with Gasteiger partial charge in [-0.05, 0) is 68.5 Å². The molecule has 0 spiro atoms. The number of thioether (sulfide) groups is 1. The summed E-state index contributed by atoms with van der Waals surface area (Å²) in [6.45, 7) is 2.05. The quantitative estimate of drug-likeness (QED) is 0.563. The van der Waals surface area contributed by atoms with Gasteiger partial charge in [0.1, 0.15) is 0 Å². The first-order valence-corrected chi connectivity index (χ1v) is 11.5. The lowest BCUT2D eigenvalue weighted by atomic mass is 9.86. The van der Waals surface area contributed by atoms with Gasteiger partial charge < -0.3 is 10.6 Å². The van der Waals surface area contributed by atoms with Crippen LogP contribution in [0.15, 0.2) is 58.3 Å². The Bertz CT molecular complexity index is 1070. The van der Waals surface area contributed by atoms with Gasteiger partial charge >= 0.3 is 0 Å². The Balaban J connectivity index is 1.33. The van der Waals surface area contributed by atoms with Crippen LogP contribution < -0.4 is 10.6 Å². The first-order valence-electron chi connectivity index (χ1n) is 10.7. The van der Waals surface area contributed by atoms with E-state index in [2.05, 4.69) is 51.2 Å². The first kappa shape index (κ1) is 19.4. The molecule has 2 aliphatic rings. The number of carbonyl (C=O) groups excluding carboxylic acids is 1. The van der Waals surface area contributed by atoms with Crippen molar-refractivity contribution in [2.45, 2.75) is 36.6 Å². The fourth-order valence-corrected chi connectivity index (χ4v) is 5.54. The molecule has 0 aliphatic carbocycles. The molecule has 154 valence electrons. The lowest BCUT2D eigenvalue weighted by Crippen LogP contribution is -2.45. The van der Waals surface area contributed by atoms with Crippen LogP contribution in [0.5, 0.6) is 0 Å². The molecular formula is C24H26N4OS. The van der Waals surface area contributed by atoms with Gasteiger partial charge in [-0.2, -0.15) is 5.10 Å². The van der Waals surface area contributed by atoms with Crippen LogP contribution in [0.3, 0.4) is 0 Å². The van der Waals surface area contributed by atoms with Crippen molar-refractivity contribution in [2.75, 3.05) is 13.1 Å². The van der Waals surface area contributed by atoms with Crippen molar-refractivity contribution in [1.82, 2.24) is 20.8 Å². The van der Waals surface area contributed by atoms with Gasteiger partial charge in [0, 0.05) is 16.3 Å². The molecule has 6 heteroatoms. The summed E-state index contributed by atoms with van der Waals surface area (Å²) in [7, 11) is 0. The SMILES string of the molecule is O=C(NC(CCc1ccccc1)C1CCNCC1)C1=Cc2n[nH]c3cccc(c23)S1. The highest BCUT2D eigenvalue weighted by Gasteiger charge is 2.28. The molecule has 2 aromatic carbocycles. The van der Waals surface area contributed by atoms with Crippen molar-refractivity contribution in [3.63, 3.8) is 0 Å². The number of nitrogens with zero attached hydrogens (tertiary/aromatic N) is 1. The number of hydrogen-bond acceptors (Lipinski definition) is 4. The summed E-state index contributed by atoms with van der Waals surface area (Å²) in [5, 5.41) is 15.4. The minimum absolute atomic E-state index is 0.0160. The smallest absolute Gasteiger partial charge is 0.258 e. The fraction of sp³-hybridized carbons (Fsp3) is 0.333. The molecule has 1 aromatic heterocycles. The Hall–Kier alpha value is -2.57. The number of aryl methyl sites for hydroxylation is 1. The Labute approximate surface area is 180 Å². The van der Waals surface area contributed by atoms with E-state index in [4.69, 9.17) is 0 Å². The van der Waals surface area contributed by atoms with Crippen LogP contribution in [-0.4, -0.2) is 35.2 Å². The van der Waals surface area contributed by atoms with E-state index in [0.717, 1.165) is 65.2 Å². The zero-order valence-electron chi connectivity index (χ0n) is 16.9. The van der Waals surface area contributed by atoms with Crippen molar-refractivity contribution < 1.29 is 4.79 Å². The number of aromatic nitrogens is 2. The van der Waals surface area contributed by atoms with Gasteiger partial charge in [0.05, 0.1) is 16.1 Å². The molecule has 2 aliphatic heterocycles. The minimum Gasteiger partial charge on any atom is -0.349 e. The Morgan fingerprint density at radius 2 is 1.97 bits per heavy atom. The second-order valence-corrected chi connectivity index (χ2v) is 9.17. The molecule has 1 fully saturated rings. The monoisotopic (exact) mass is 418 g/mol. The third-order valence-corrected chi connectivity index (χ3v) is 7.23. The Morgan fingerprint density at radius 3 is 2.80 bits per heavy atom. The normalized spacial score (nSPS) is 17.5. The summed E-state index contributed by atoms with van der Waals surface area (Å²) >= 11 is 1.54. The predicted molar refractivity (Wildman–Crippen MR) is 122 cm³/mol. The number of amides is 1. The van der Waals surface area contributed by atoms with Crippen LogP contribution in [-0.2, 0) is 11.2 Å². The molecule has 5 rings (SSSR count). The lowest BCUT2D eigenvalue weighted by Gasteiger charge is -2.32. The zero-order valence-corrected chi connectivity index (χ0v) is 17.7. The van der Waals surface area contributed by atoms with E-state index in [1.807, 2.05) is 24.3 Å². The highest BCUT2D eigenvalue weighted by atomic mass is 32.2. The summed E-state index contributed by atoms with van der Waals surface area (Å²) < 4.78 is 0. The Morgan fingerprint density at radius 1 is 1.13 bits per heavy atom. The first-order chi connectivity index (χ1) is 14.8. The maximum absolute atomic E-state index is 13.3. The maximum Gasteiger partial charge on any atom is 0.258 e. The lowest BCUT2D eigenvalue weighted by molar-refractivity contribution is -0.117. The zero-order chi connectivity index (χ0) is 20.3. The molecule has 5 nitrogen and oxygen atoms in total. The molecule has 30 heavy (non-hydrogen) atoms. The van der Waals surface area contributed by atoms with E-state index in [1.54, 1.807) is 11.8 Å². The van der Waals surface area contributed by atoms with E-state index in [-0.39, 0.29) is 11.9 Å². The van der Waals surface area contributed by atoms with Gasteiger partial charge in [0.2, 0.25) is 0 Å². The number of rotatable bonds is 6. The molecule has 1 unspecified atom stereocenters. The van der Waals surface area contributed by atoms with Crippen molar-refractivity contribution in [1.29, 1.82) is 0 Å². The van der Waals surface area contributed by atoms with Gasteiger partial charge in [0.25, 0.3) is 5.91 Å². The molecular weight excluding hydrogens is 392 g/mol. The molecule has 0 radical (unpaired) electrons. The van der Waals surface area contributed by atoms with Crippen molar-refractivity contribution in [2.24, 2.45) is 5.92 Å². The van der Waals surface area contributed by atoms with Crippen LogP contribution in [0.25, 0.3) is 17.0 Å². The van der Waals surface area contributed by atoms with Crippen molar-refractivity contribution >= 4 is 34.6 Å². The molecule has 0 saturated carbocycles. The van der Waals surface area contributed by atoms with Crippen LogP contribution in [0.4, 0.5) is 0 Å². The molecule has 1 amide bonds. The van der Waals surface area contributed by atoms with Crippen LogP contribution in [0, 0.1) is 5.92 Å². The number of hydrogen-bond donors (Lipinski definition) is 3. The summed E-state index contributed by atoms with van der Waals surface area (Å²) in [5.41, 5.74) is 3.19. The second-order valence-electron chi connectivity index (χ2n) is 8.09. The third-order valence-electron chi connectivity index (χ3n) is 6.15. The highest BCUT2D eigenvalue weighted by molar-refractivity contribution is 8.04. The number of H-pyrrole nitrogens is 1. The molecule has 1 saturated heterocycles. The van der Waals surface area contributed by atoms with E-state index in [9.17, 15) is 4.79 Å². The largest absolute Gasteiger partial charge is 0.349 e. The van der Waals surface area contributed by atoms with Crippen molar-refractivity contribution in [3.8, 4) is 0 Å². The van der Waals surface area contributed by atoms with E-state index < -0.39 is 0 Å². The van der Waals surface area contributed by atoms with Gasteiger partial charge in [0.15, 0.2) is 0 Å². The number of benzene rings is 2. The van der Waals surface area contributed by atoms with E-state index in [1.165, 1.54) is 5.56 Å². The summed E-state index contributed by atoms with van der Waals surface area (Å²) in [6.07, 6.45) is 6.07. The molecule has 0 bridgehead atoms. The number of carbonyl (C=O) groups is 1. The Kier molecular flexibility index (Phi) is 5.60. The van der Waals surface area contributed by atoms with Crippen molar-refractivity contribution in [3.05, 3.63) is 64.7 Å². The number of nitrogens with one attached hydrogen (secondary N) is 3. The molecule has 3 N–H and O–H groups in total. The summed E-state index contributed by atoms with van der Waals surface area (Å²) in [4.78, 5) is 15.1. The fourth-order valence-electron chi connectivity index (χ4n) is 4.52. The second kappa shape index (κ2) is 8.66. The van der Waals surface area contributed by atoms with Crippen LogP contribution >= 0.6 is 11.8 Å². The van der Waals surface area contributed by atoms with Gasteiger partial charge in [-0.15, -0.1) is 0 Å². The number of piperidine rings is 1. The molecule has 3 heterocycles. The molecule has 1 atom stereocenters. The van der Waals surface area contributed by atoms with Crippen LogP contribution in [0.1, 0.15) is 30.5 Å². The minimum atomic E-state index is 0.0160. The van der Waals surface area contributed by atoms with E-state index >= 15 is 0 Å². The van der Waals surface area contributed by atoms with E-state index in [0.29, 0.717) is 5.92 Å². The third kappa shape index (κ3) is 4.02. The highest BCUT2D eigenvalue weighted by Crippen LogP contribution is 2.40. The maximum atomic E-state index is 13.3. The molecule has 3 aromatic rings. The number of aromatic amines is 1. The predicted octanol–water partition coefficient (Wildman–Crippen LogP) is 4.13. The standard InChI is InChI=1S/C24H26N4OS/c29-24(22-15-20-23-19(27-28-20)7-4-8-21(23)30-22)26-18(17-11-13-25-14-12-17)10-9-16-5-2-1-3-6-16/h1-8,15,17-18,25H,9-14H2,(H,26,29)(H,27,28). The summed E-state index contributed by atoms with van der Waals surface area (Å²) in [6, 6.07) is 16.8. The van der Waals surface area contributed by atoms with Crippen LogP contribution in [0.2, 0.25) is 0 Å². The van der Waals surface area contributed by atoms with Gasteiger partial charge in [-0.1, -0.05) is 48.2 Å². The van der Waals surface area contributed by atoms with Gasteiger partial charge in [-0.25, -0.2) is 0 Å². The average Bonchev–Trinajstić information content (AvgIpc) is 3.22.